The molecule has 1 unspecified atom stereocenters. The number of carbonyl (C=O) groups is 3. The van der Waals surface area contributed by atoms with Gasteiger partial charge in [0.25, 0.3) is 11.8 Å². The van der Waals surface area contributed by atoms with Crippen LogP contribution in [-0.2, 0) is 20.9 Å². The van der Waals surface area contributed by atoms with Gasteiger partial charge in [-0.05, 0) is 36.5 Å². The molecule has 2 aromatic carbocycles. The van der Waals surface area contributed by atoms with E-state index in [2.05, 4.69) is 19.2 Å². The normalized spacial score (nSPS) is 15.9. The highest BCUT2D eigenvalue weighted by atomic mass is 16.5. The lowest BCUT2D eigenvalue weighted by atomic mass is 10.1. The van der Waals surface area contributed by atoms with Crippen LogP contribution in [0, 0.1) is 5.92 Å². The Labute approximate surface area is 195 Å². The third-order valence-electron chi connectivity index (χ3n) is 5.63. The van der Waals surface area contributed by atoms with Crippen LogP contribution in [0.15, 0.2) is 54.6 Å². The molecule has 0 radical (unpaired) electrons. The molecular formula is C26H33N3O4. The van der Waals surface area contributed by atoms with Crippen molar-refractivity contribution in [1.82, 2.24) is 5.32 Å². The zero-order valence-electron chi connectivity index (χ0n) is 19.6. The largest absolute Gasteiger partial charge is 0.445 e. The topological polar surface area (TPSA) is 79.0 Å². The lowest BCUT2D eigenvalue weighted by Crippen LogP contribution is -2.55. The third kappa shape index (κ3) is 6.12. The predicted molar refractivity (Wildman–Crippen MR) is 129 cm³/mol. The summed E-state index contributed by atoms with van der Waals surface area (Å²) in [6.07, 6.45) is 1.66. The fourth-order valence-corrected chi connectivity index (χ4v) is 3.75. The van der Waals surface area contributed by atoms with Gasteiger partial charge in [0, 0.05) is 13.1 Å². The number of carbonyl (C=O) groups excluding carboxylic acids is 3. The van der Waals surface area contributed by atoms with Gasteiger partial charge in [-0.15, -0.1) is 0 Å². The van der Waals surface area contributed by atoms with E-state index in [0.717, 1.165) is 24.8 Å². The molecule has 0 bridgehead atoms. The number of benzene rings is 2. The van der Waals surface area contributed by atoms with Gasteiger partial charge in [-0.3, -0.25) is 9.59 Å². The second-order valence-corrected chi connectivity index (χ2v) is 8.64. The van der Waals surface area contributed by atoms with Crippen molar-refractivity contribution in [3.63, 3.8) is 0 Å². The Morgan fingerprint density at radius 1 is 0.939 bits per heavy atom. The van der Waals surface area contributed by atoms with Crippen molar-refractivity contribution in [2.75, 3.05) is 22.9 Å². The Balaban J connectivity index is 1.87. The molecule has 7 heteroatoms. The molecule has 1 atom stereocenters. The van der Waals surface area contributed by atoms with Crippen LogP contribution in [-0.4, -0.2) is 37.0 Å². The Morgan fingerprint density at radius 3 is 2.09 bits per heavy atom. The molecule has 3 amide bonds. The number of para-hydroxylation sites is 2. The van der Waals surface area contributed by atoms with Crippen LogP contribution in [0.1, 0.15) is 45.6 Å². The fraction of sp³-hybridized carbons (Fsp3) is 0.423. The Hall–Kier alpha value is -3.35. The van der Waals surface area contributed by atoms with E-state index in [9.17, 15) is 14.4 Å². The molecule has 0 aliphatic carbocycles. The van der Waals surface area contributed by atoms with E-state index in [1.807, 2.05) is 61.5 Å². The molecule has 0 saturated heterocycles. The zero-order chi connectivity index (χ0) is 23.8. The van der Waals surface area contributed by atoms with Gasteiger partial charge in [-0.1, -0.05) is 69.7 Å². The number of rotatable bonds is 9. The van der Waals surface area contributed by atoms with Gasteiger partial charge in [0.05, 0.1) is 11.4 Å². The standard InChI is InChI=1S/C26H33N3O4/c1-4-5-16-28-21-13-9-10-14-22(21)29(17-15-19(2)3)25(31)23(24(28)30)27-26(32)33-18-20-11-7-6-8-12-20/h6-14,19,23H,4-5,15-18H2,1-3H3,(H,27,32). The van der Waals surface area contributed by atoms with Crippen LogP contribution in [0.5, 0.6) is 0 Å². The SMILES string of the molecule is CCCCN1C(=O)C(NC(=O)OCc2ccccc2)C(=O)N(CCC(C)C)c2ccccc21. The number of unbranched alkanes of at least 4 members (excludes halogenated alkanes) is 1. The minimum atomic E-state index is -1.34. The number of ether oxygens (including phenoxy) is 1. The molecule has 2 aromatic rings. The van der Waals surface area contributed by atoms with Crippen LogP contribution in [0.2, 0.25) is 0 Å². The Kier molecular flexibility index (Phi) is 8.46. The third-order valence-corrected chi connectivity index (χ3v) is 5.63. The van der Waals surface area contributed by atoms with Gasteiger partial charge in [-0.2, -0.15) is 0 Å². The average Bonchev–Trinajstić information content (AvgIpc) is 2.89. The van der Waals surface area contributed by atoms with Crippen LogP contribution >= 0.6 is 0 Å². The molecule has 33 heavy (non-hydrogen) atoms. The van der Waals surface area contributed by atoms with E-state index in [0.29, 0.717) is 30.4 Å². The molecule has 1 N–H and O–H groups in total. The van der Waals surface area contributed by atoms with Crippen molar-refractivity contribution < 1.29 is 19.1 Å². The van der Waals surface area contributed by atoms with Crippen molar-refractivity contribution in [2.45, 2.75) is 52.7 Å². The first-order valence-corrected chi connectivity index (χ1v) is 11.6. The fourth-order valence-electron chi connectivity index (χ4n) is 3.75. The zero-order valence-corrected chi connectivity index (χ0v) is 19.6. The van der Waals surface area contributed by atoms with Crippen molar-refractivity contribution in [3.8, 4) is 0 Å². The summed E-state index contributed by atoms with van der Waals surface area (Å²) >= 11 is 0. The number of hydrogen-bond donors (Lipinski definition) is 1. The molecule has 1 aliphatic rings. The molecule has 0 aromatic heterocycles. The number of alkyl carbamates (subject to hydrolysis) is 1. The number of fused-ring (bicyclic) bond motifs is 1. The van der Waals surface area contributed by atoms with Crippen molar-refractivity contribution in [3.05, 3.63) is 60.2 Å². The number of hydrogen-bond acceptors (Lipinski definition) is 4. The lowest BCUT2D eigenvalue weighted by molar-refractivity contribution is -0.129. The van der Waals surface area contributed by atoms with Crippen LogP contribution in [0.4, 0.5) is 16.2 Å². The minimum absolute atomic E-state index is 0.0542. The molecule has 176 valence electrons. The molecule has 0 saturated carbocycles. The number of amides is 3. The quantitative estimate of drug-likeness (QED) is 0.569. The maximum Gasteiger partial charge on any atom is 0.408 e. The van der Waals surface area contributed by atoms with Crippen LogP contribution in [0.25, 0.3) is 0 Å². The summed E-state index contributed by atoms with van der Waals surface area (Å²) in [5.41, 5.74) is 2.20. The summed E-state index contributed by atoms with van der Waals surface area (Å²) in [6, 6.07) is 15.3. The average molecular weight is 452 g/mol. The number of nitrogens with zero attached hydrogens (tertiary/aromatic N) is 2. The smallest absolute Gasteiger partial charge is 0.408 e. The first-order valence-electron chi connectivity index (χ1n) is 11.6. The van der Waals surface area contributed by atoms with Crippen LogP contribution in [0.3, 0.4) is 0 Å². The van der Waals surface area contributed by atoms with Crippen molar-refractivity contribution in [2.24, 2.45) is 5.92 Å². The Morgan fingerprint density at radius 2 is 1.52 bits per heavy atom. The van der Waals surface area contributed by atoms with Gasteiger partial charge < -0.3 is 19.9 Å². The molecule has 0 fully saturated rings. The first kappa shape index (κ1) is 24.3. The Bertz CT molecular complexity index is 961. The summed E-state index contributed by atoms with van der Waals surface area (Å²) < 4.78 is 5.30. The highest BCUT2D eigenvalue weighted by Crippen LogP contribution is 2.34. The van der Waals surface area contributed by atoms with E-state index < -0.39 is 23.9 Å². The van der Waals surface area contributed by atoms with E-state index in [1.54, 1.807) is 9.80 Å². The first-order chi connectivity index (χ1) is 15.9. The maximum atomic E-state index is 13.6. The second kappa shape index (κ2) is 11.5. The molecule has 1 aliphatic heterocycles. The van der Waals surface area contributed by atoms with Crippen LogP contribution < -0.4 is 15.1 Å². The summed E-state index contributed by atoms with van der Waals surface area (Å²) in [5.74, 6) is -0.504. The number of nitrogens with one attached hydrogen (secondary N) is 1. The van der Waals surface area contributed by atoms with E-state index >= 15 is 0 Å². The van der Waals surface area contributed by atoms with Gasteiger partial charge >= 0.3 is 6.09 Å². The number of anilines is 2. The lowest BCUT2D eigenvalue weighted by Gasteiger charge is -2.25. The van der Waals surface area contributed by atoms with Gasteiger partial charge in [0.15, 0.2) is 6.04 Å². The molecule has 3 rings (SSSR count). The molecule has 1 heterocycles. The molecule has 7 nitrogen and oxygen atoms in total. The summed E-state index contributed by atoms with van der Waals surface area (Å²) in [7, 11) is 0. The maximum absolute atomic E-state index is 13.6. The highest BCUT2D eigenvalue weighted by molar-refractivity contribution is 6.21. The summed E-state index contributed by atoms with van der Waals surface area (Å²) in [4.78, 5) is 42.9. The molecule has 0 spiro atoms. The predicted octanol–water partition coefficient (Wildman–Crippen LogP) is 4.51. The second-order valence-electron chi connectivity index (χ2n) is 8.64. The van der Waals surface area contributed by atoms with E-state index in [1.165, 1.54) is 0 Å². The summed E-state index contributed by atoms with van der Waals surface area (Å²) in [6.45, 7) is 7.20. The highest BCUT2D eigenvalue weighted by Gasteiger charge is 2.41. The van der Waals surface area contributed by atoms with Gasteiger partial charge in [0.1, 0.15) is 6.61 Å². The van der Waals surface area contributed by atoms with Crippen molar-refractivity contribution in [1.29, 1.82) is 0 Å². The van der Waals surface area contributed by atoms with Gasteiger partial charge in [0.2, 0.25) is 0 Å². The van der Waals surface area contributed by atoms with Crippen molar-refractivity contribution >= 4 is 29.3 Å². The monoisotopic (exact) mass is 451 g/mol. The summed E-state index contributed by atoms with van der Waals surface area (Å²) in [5, 5.41) is 2.54. The van der Waals surface area contributed by atoms with E-state index in [4.69, 9.17) is 4.74 Å². The van der Waals surface area contributed by atoms with Gasteiger partial charge in [-0.25, -0.2) is 4.79 Å². The van der Waals surface area contributed by atoms with E-state index in [-0.39, 0.29) is 6.61 Å². The molecular weight excluding hydrogens is 418 g/mol. The minimum Gasteiger partial charge on any atom is -0.445 e.